The van der Waals surface area contributed by atoms with E-state index in [4.69, 9.17) is 0 Å². The van der Waals surface area contributed by atoms with Crippen molar-refractivity contribution in [1.82, 2.24) is 5.32 Å². The molecule has 20 heavy (non-hydrogen) atoms. The molecule has 0 aliphatic carbocycles. The molecule has 4 heteroatoms. The molecule has 0 heterocycles. The van der Waals surface area contributed by atoms with Crippen LogP contribution in [-0.4, -0.2) is 11.0 Å². The first kappa shape index (κ1) is 14.2. The normalized spacial score (nSPS) is 10.3. The molecule has 0 spiro atoms. The van der Waals surface area contributed by atoms with Crippen molar-refractivity contribution >= 4 is 5.91 Å². The van der Waals surface area contributed by atoms with Crippen LogP contribution >= 0.6 is 0 Å². The van der Waals surface area contributed by atoms with Crippen molar-refractivity contribution in [3.63, 3.8) is 0 Å². The van der Waals surface area contributed by atoms with Crippen LogP contribution < -0.4 is 5.32 Å². The van der Waals surface area contributed by atoms with E-state index in [0.717, 1.165) is 11.1 Å². The van der Waals surface area contributed by atoms with Gasteiger partial charge in [0, 0.05) is 12.1 Å². The first-order valence-corrected chi connectivity index (χ1v) is 6.34. The van der Waals surface area contributed by atoms with Gasteiger partial charge in [-0.15, -0.1) is 0 Å². The number of hydrogen-bond acceptors (Lipinski definition) is 2. The van der Waals surface area contributed by atoms with Gasteiger partial charge in [-0.3, -0.25) is 4.79 Å². The van der Waals surface area contributed by atoms with Crippen molar-refractivity contribution in [1.29, 1.82) is 0 Å². The lowest BCUT2D eigenvalue weighted by Gasteiger charge is -2.09. The number of carbonyl (C=O) groups excluding carboxylic acids is 1. The number of rotatable bonds is 4. The van der Waals surface area contributed by atoms with Crippen molar-refractivity contribution in [3.05, 3.63) is 70.5 Å². The minimum Gasteiger partial charge on any atom is -0.392 e. The third-order valence-electron chi connectivity index (χ3n) is 3.15. The van der Waals surface area contributed by atoms with Gasteiger partial charge in [0.05, 0.1) is 6.61 Å². The average Bonchev–Trinajstić information content (AvgIpc) is 2.47. The van der Waals surface area contributed by atoms with Crippen molar-refractivity contribution < 1.29 is 14.3 Å². The molecular formula is C16H16FNO2. The summed E-state index contributed by atoms with van der Waals surface area (Å²) < 4.78 is 13.2. The molecule has 0 saturated heterocycles. The highest BCUT2D eigenvalue weighted by atomic mass is 19.1. The van der Waals surface area contributed by atoms with Crippen LogP contribution in [0.3, 0.4) is 0 Å². The van der Waals surface area contributed by atoms with Gasteiger partial charge >= 0.3 is 0 Å². The fourth-order valence-electron chi connectivity index (χ4n) is 1.95. The Hall–Kier alpha value is -2.20. The quantitative estimate of drug-likeness (QED) is 0.899. The lowest BCUT2D eigenvalue weighted by molar-refractivity contribution is 0.0950. The van der Waals surface area contributed by atoms with Crippen LogP contribution in [0.5, 0.6) is 0 Å². The first-order chi connectivity index (χ1) is 9.61. The third kappa shape index (κ3) is 3.22. The van der Waals surface area contributed by atoms with Crippen LogP contribution in [0, 0.1) is 12.7 Å². The van der Waals surface area contributed by atoms with E-state index < -0.39 is 0 Å². The number of benzene rings is 2. The number of halogens is 1. The molecule has 0 fully saturated rings. The molecule has 0 unspecified atom stereocenters. The number of aliphatic hydroxyl groups excluding tert-OH is 1. The zero-order valence-corrected chi connectivity index (χ0v) is 11.2. The Balaban J connectivity index is 2.06. The van der Waals surface area contributed by atoms with E-state index in [1.165, 1.54) is 18.2 Å². The van der Waals surface area contributed by atoms with E-state index >= 15 is 0 Å². The second kappa shape index (κ2) is 6.30. The van der Waals surface area contributed by atoms with Crippen molar-refractivity contribution in [2.24, 2.45) is 0 Å². The van der Waals surface area contributed by atoms with Gasteiger partial charge in [0.2, 0.25) is 0 Å². The molecule has 2 aromatic rings. The van der Waals surface area contributed by atoms with E-state index in [0.29, 0.717) is 17.7 Å². The maximum atomic E-state index is 13.2. The van der Waals surface area contributed by atoms with Crippen LogP contribution in [-0.2, 0) is 13.2 Å². The highest BCUT2D eigenvalue weighted by Crippen LogP contribution is 2.11. The molecule has 0 aliphatic rings. The maximum Gasteiger partial charge on any atom is 0.251 e. The van der Waals surface area contributed by atoms with Crippen LogP contribution in [0.2, 0.25) is 0 Å². The molecular weight excluding hydrogens is 257 g/mol. The molecule has 3 nitrogen and oxygen atoms in total. The predicted octanol–water partition coefficient (Wildman–Crippen LogP) is 2.56. The lowest BCUT2D eigenvalue weighted by Crippen LogP contribution is -2.23. The van der Waals surface area contributed by atoms with Gasteiger partial charge < -0.3 is 10.4 Å². The Labute approximate surface area is 117 Å². The molecule has 0 aromatic heterocycles. The second-order valence-corrected chi connectivity index (χ2v) is 4.57. The minimum atomic E-state index is -0.327. The molecule has 0 aliphatic heterocycles. The van der Waals surface area contributed by atoms with Gasteiger partial charge in [-0.1, -0.05) is 24.3 Å². The van der Waals surface area contributed by atoms with E-state index in [1.54, 1.807) is 6.92 Å². The Kier molecular flexibility index (Phi) is 4.48. The smallest absolute Gasteiger partial charge is 0.251 e. The minimum absolute atomic E-state index is 0.0678. The summed E-state index contributed by atoms with van der Waals surface area (Å²) in [6.07, 6.45) is 0. The fourth-order valence-corrected chi connectivity index (χ4v) is 1.95. The number of aryl methyl sites for hydroxylation is 1. The number of aliphatic hydroxyl groups is 1. The third-order valence-corrected chi connectivity index (χ3v) is 3.15. The van der Waals surface area contributed by atoms with Crippen molar-refractivity contribution in [2.75, 3.05) is 0 Å². The van der Waals surface area contributed by atoms with Crippen LogP contribution in [0.1, 0.15) is 27.0 Å². The zero-order valence-electron chi connectivity index (χ0n) is 11.2. The number of carbonyl (C=O) groups is 1. The summed E-state index contributed by atoms with van der Waals surface area (Å²) in [4.78, 5) is 12.0. The predicted molar refractivity (Wildman–Crippen MR) is 74.7 cm³/mol. The molecule has 1 amide bonds. The van der Waals surface area contributed by atoms with Gasteiger partial charge in [-0.05, 0) is 41.8 Å². The fraction of sp³-hybridized carbons (Fsp3) is 0.188. The standard InChI is InChI=1S/C16H16FNO2/c1-11-8-12(6-7-15(11)17)16(20)18-9-13-4-2-3-5-14(13)10-19/h2-8,19H,9-10H2,1H3,(H,18,20). The Morgan fingerprint density at radius 3 is 2.55 bits per heavy atom. The molecule has 104 valence electrons. The summed E-state index contributed by atoms with van der Waals surface area (Å²) in [6, 6.07) is 11.6. The van der Waals surface area contributed by atoms with Gasteiger partial charge in [-0.25, -0.2) is 4.39 Å². The van der Waals surface area contributed by atoms with E-state index in [9.17, 15) is 14.3 Å². The summed E-state index contributed by atoms with van der Waals surface area (Å²) >= 11 is 0. The molecule has 0 bridgehead atoms. The van der Waals surface area contributed by atoms with Gasteiger partial charge in [0.1, 0.15) is 5.82 Å². The van der Waals surface area contributed by atoms with Crippen molar-refractivity contribution in [2.45, 2.75) is 20.1 Å². The van der Waals surface area contributed by atoms with Gasteiger partial charge in [0.25, 0.3) is 5.91 Å². The molecule has 0 saturated carbocycles. The van der Waals surface area contributed by atoms with Crippen LogP contribution in [0.4, 0.5) is 4.39 Å². The molecule has 2 N–H and O–H groups in total. The van der Waals surface area contributed by atoms with E-state index in [-0.39, 0.29) is 18.3 Å². The van der Waals surface area contributed by atoms with Gasteiger partial charge in [0.15, 0.2) is 0 Å². The second-order valence-electron chi connectivity index (χ2n) is 4.57. The van der Waals surface area contributed by atoms with Crippen molar-refractivity contribution in [3.8, 4) is 0 Å². The Bertz CT molecular complexity index is 626. The SMILES string of the molecule is Cc1cc(C(=O)NCc2ccccc2CO)ccc1F. The Morgan fingerprint density at radius 2 is 1.90 bits per heavy atom. The molecule has 2 aromatic carbocycles. The molecule has 0 atom stereocenters. The number of amides is 1. The number of hydrogen-bond donors (Lipinski definition) is 2. The van der Waals surface area contributed by atoms with Gasteiger partial charge in [-0.2, -0.15) is 0 Å². The summed E-state index contributed by atoms with van der Waals surface area (Å²) in [5.41, 5.74) is 2.50. The van der Waals surface area contributed by atoms with Crippen LogP contribution in [0.15, 0.2) is 42.5 Å². The largest absolute Gasteiger partial charge is 0.392 e. The topological polar surface area (TPSA) is 49.3 Å². The van der Waals surface area contributed by atoms with E-state index in [2.05, 4.69) is 5.32 Å². The summed E-state index contributed by atoms with van der Waals surface area (Å²) in [6.45, 7) is 1.88. The Morgan fingerprint density at radius 1 is 1.20 bits per heavy atom. The molecule has 0 radical (unpaired) electrons. The summed E-state index contributed by atoms with van der Waals surface area (Å²) in [5.74, 6) is -0.590. The number of nitrogens with one attached hydrogen (secondary N) is 1. The summed E-state index contributed by atoms with van der Waals surface area (Å²) in [5, 5.41) is 12.0. The van der Waals surface area contributed by atoms with E-state index in [1.807, 2.05) is 24.3 Å². The lowest BCUT2D eigenvalue weighted by atomic mass is 10.1. The zero-order chi connectivity index (χ0) is 14.5. The highest BCUT2D eigenvalue weighted by Gasteiger charge is 2.08. The highest BCUT2D eigenvalue weighted by molar-refractivity contribution is 5.94. The average molecular weight is 273 g/mol. The molecule has 2 rings (SSSR count). The summed E-state index contributed by atoms with van der Waals surface area (Å²) in [7, 11) is 0. The first-order valence-electron chi connectivity index (χ1n) is 6.34. The monoisotopic (exact) mass is 273 g/mol. The van der Waals surface area contributed by atoms with Crippen LogP contribution in [0.25, 0.3) is 0 Å². The maximum absolute atomic E-state index is 13.2.